The maximum atomic E-state index is 14.1. The Hall–Kier alpha value is -2.55. The molecule has 2 saturated heterocycles. The van der Waals surface area contributed by atoms with E-state index in [4.69, 9.17) is 4.74 Å². The van der Waals surface area contributed by atoms with Gasteiger partial charge in [-0.05, 0) is 89.7 Å². The Bertz CT molecular complexity index is 1160. The number of amides is 1. The summed E-state index contributed by atoms with van der Waals surface area (Å²) in [6.07, 6.45) is 1.76. The smallest absolute Gasteiger partial charge is 0.419 e. The van der Waals surface area contributed by atoms with Crippen molar-refractivity contribution in [2.45, 2.75) is 97.0 Å². The van der Waals surface area contributed by atoms with Crippen LogP contribution in [0.15, 0.2) is 24.4 Å². The fourth-order valence-electron chi connectivity index (χ4n) is 6.14. The van der Waals surface area contributed by atoms with E-state index in [1.54, 1.807) is 4.90 Å². The van der Waals surface area contributed by atoms with Gasteiger partial charge in [-0.1, -0.05) is 19.4 Å². The fourth-order valence-corrected chi connectivity index (χ4v) is 6.14. The molecule has 0 N–H and O–H groups in total. The van der Waals surface area contributed by atoms with Gasteiger partial charge in [-0.3, -0.25) is 4.90 Å². The Morgan fingerprint density at radius 1 is 1.05 bits per heavy atom. The maximum Gasteiger partial charge on any atom is 0.419 e. The zero-order valence-corrected chi connectivity index (χ0v) is 23.7. The van der Waals surface area contributed by atoms with Crippen molar-refractivity contribution in [2.24, 2.45) is 0 Å². The van der Waals surface area contributed by atoms with Crippen molar-refractivity contribution in [1.82, 2.24) is 14.4 Å². The Morgan fingerprint density at radius 2 is 1.74 bits per heavy atom. The number of aromatic nitrogens is 1. The standard InChI is InChI=1S/C30H41F4N3O2/c1-6-35-14-8-7-9-23(35)18-37-19-24(22-10-11-26(31)25(17-22)30(32,33)34)20(2)27(37)21-12-15-36(16-13-21)28(38)39-29(3,4)5/h10-11,17,19,21,23H,6-9,12-16,18H2,1-5H3. The topological polar surface area (TPSA) is 37.7 Å². The molecule has 0 radical (unpaired) electrons. The summed E-state index contributed by atoms with van der Waals surface area (Å²) < 4.78 is 62.4. The second-order valence-electron chi connectivity index (χ2n) is 11.9. The van der Waals surface area contributed by atoms with Gasteiger partial charge in [-0.15, -0.1) is 0 Å². The summed E-state index contributed by atoms with van der Waals surface area (Å²) in [5.74, 6) is -1.11. The molecule has 5 nitrogen and oxygen atoms in total. The predicted molar refractivity (Wildman–Crippen MR) is 144 cm³/mol. The van der Waals surface area contributed by atoms with E-state index in [2.05, 4.69) is 16.4 Å². The van der Waals surface area contributed by atoms with E-state index in [1.165, 1.54) is 12.5 Å². The second-order valence-corrected chi connectivity index (χ2v) is 11.9. The summed E-state index contributed by atoms with van der Waals surface area (Å²) in [5, 5.41) is 0. The average Bonchev–Trinajstić information content (AvgIpc) is 3.18. The zero-order chi connectivity index (χ0) is 28.5. The highest BCUT2D eigenvalue weighted by Gasteiger charge is 2.35. The number of halogens is 4. The lowest BCUT2D eigenvalue weighted by Gasteiger charge is -2.37. The molecule has 2 aliphatic heterocycles. The molecule has 1 aromatic heterocycles. The molecular weight excluding hydrogens is 510 g/mol. The third-order valence-electron chi connectivity index (χ3n) is 8.06. The van der Waals surface area contributed by atoms with E-state index >= 15 is 0 Å². The summed E-state index contributed by atoms with van der Waals surface area (Å²) in [5.41, 5.74) is 1.28. The van der Waals surface area contributed by atoms with E-state index in [0.29, 0.717) is 30.3 Å². The number of piperidine rings is 2. The second kappa shape index (κ2) is 11.5. The van der Waals surface area contributed by atoms with Crippen molar-refractivity contribution in [1.29, 1.82) is 0 Å². The zero-order valence-electron chi connectivity index (χ0n) is 23.7. The number of alkyl halides is 3. The Balaban J connectivity index is 1.67. The minimum atomic E-state index is -4.77. The van der Waals surface area contributed by atoms with Gasteiger partial charge in [-0.2, -0.15) is 13.2 Å². The SMILES string of the molecule is CCN1CCCCC1Cn1cc(-c2ccc(F)c(C(F)(F)F)c2)c(C)c1C1CCN(C(=O)OC(C)(C)C)CC1. The first-order chi connectivity index (χ1) is 18.3. The number of likely N-dealkylation sites (tertiary alicyclic amines) is 2. The van der Waals surface area contributed by atoms with Crippen molar-refractivity contribution < 1.29 is 27.1 Å². The first kappa shape index (κ1) is 29.4. The van der Waals surface area contributed by atoms with Crippen LogP contribution in [0.25, 0.3) is 11.1 Å². The Kier molecular flexibility index (Phi) is 8.69. The molecule has 9 heteroatoms. The van der Waals surface area contributed by atoms with Gasteiger partial charge in [0.25, 0.3) is 0 Å². The van der Waals surface area contributed by atoms with Gasteiger partial charge in [-0.25, -0.2) is 9.18 Å². The van der Waals surface area contributed by atoms with Crippen molar-refractivity contribution in [2.75, 3.05) is 26.2 Å². The lowest BCUT2D eigenvalue weighted by Crippen LogP contribution is -2.43. The van der Waals surface area contributed by atoms with Crippen LogP contribution in [0.3, 0.4) is 0 Å². The van der Waals surface area contributed by atoms with Gasteiger partial charge in [0.2, 0.25) is 0 Å². The number of rotatable bonds is 5. The van der Waals surface area contributed by atoms with Crippen molar-refractivity contribution in [3.63, 3.8) is 0 Å². The quantitative estimate of drug-likeness (QED) is 0.359. The molecule has 1 atom stereocenters. The van der Waals surface area contributed by atoms with Crippen LogP contribution < -0.4 is 0 Å². The van der Waals surface area contributed by atoms with Crippen LogP contribution in [0.1, 0.15) is 82.5 Å². The molecule has 0 saturated carbocycles. The van der Waals surface area contributed by atoms with Crippen LogP contribution in [-0.4, -0.2) is 58.3 Å². The molecule has 0 spiro atoms. The van der Waals surface area contributed by atoms with E-state index in [9.17, 15) is 22.4 Å². The van der Waals surface area contributed by atoms with Crippen molar-refractivity contribution >= 4 is 6.09 Å². The largest absolute Gasteiger partial charge is 0.444 e. The molecule has 2 aromatic rings. The number of hydrogen-bond donors (Lipinski definition) is 0. The van der Waals surface area contributed by atoms with Crippen LogP contribution in [0.4, 0.5) is 22.4 Å². The highest BCUT2D eigenvalue weighted by atomic mass is 19.4. The van der Waals surface area contributed by atoms with Crippen LogP contribution in [-0.2, 0) is 17.5 Å². The third kappa shape index (κ3) is 6.79. The molecule has 39 heavy (non-hydrogen) atoms. The maximum absolute atomic E-state index is 14.1. The van der Waals surface area contributed by atoms with Gasteiger partial charge in [0.05, 0.1) is 5.56 Å². The first-order valence-electron chi connectivity index (χ1n) is 14.1. The van der Waals surface area contributed by atoms with E-state index < -0.39 is 23.2 Å². The van der Waals surface area contributed by atoms with E-state index in [0.717, 1.165) is 68.7 Å². The highest BCUT2D eigenvalue weighted by Crippen LogP contribution is 2.40. The number of carbonyl (C=O) groups is 1. The van der Waals surface area contributed by atoms with Crippen molar-refractivity contribution in [3.8, 4) is 11.1 Å². The van der Waals surface area contributed by atoms with Gasteiger partial charge in [0.15, 0.2) is 0 Å². The van der Waals surface area contributed by atoms with E-state index in [1.807, 2.05) is 33.9 Å². The molecule has 2 aliphatic rings. The highest BCUT2D eigenvalue weighted by molar-refractivity contribution is 5.70. The molecule has 216 valence electrons. The lowest BCUT2D eigenvalue weighted by molar-refractivity contribution is -0.139. The van der Waals surface area contributed by atoms with Gasteiger partial charge >= 0.3 is 12.3 Å². The fraction of sp³-hybridized carbons (Fsp3) is 0.633. The number of nitrogens with zero attached hydrogens (tertiary/aromatic N) is 3. The molecule has 0 bridgehead atoms. The van der Waals surface area contributed by atoms with Crippen LogP contribution in [0, 0.1) is 12.7 Å². The molecule has 1 amide bonds. The molecule has 4 rings (SSSR count). The summed E-state index contributed by atoms with van der Waals surface area (Å²) >= 11 is 0. The van der Waals surface area contributed by atoms with E-state index in [-0.39, 0.29) is 12.0 Å². The monoisotopic (exact) mass is 551 g/mol. The normalized spacial score (nSPS) is 19.9. The minimum Gasteiger partial charge on any atom is -0.444 e. The summed E-state index contributed by atoms with van der Waals surface area (Å²) in [6.45, 7) is 13.5. The number of benzene rings is 1. The minimum absolute atomic E-state index is 0.152. The van der Waals surface area contributed by atoms with Gasteiger partial charge < -0.3 is 14.2 Å². The van der Waals surface area contributed by atoms with Crippen molar-refractivity contribution in [3.05, 3.63) is 47.0 Å². The third-order valence-corrected chi connectivity index (χ3v) is 8.06. The summed E-state index contributed by atoms with van der Waals surface area (Å²) in [7, 11) is 0. The van der Waals surface area contributed by atoms with Crippen LogP contribution in [0.5, 0.6) is 0 Å². The number of carbonyl (C=O) groups excluding carboxylic acids is 1. The molecule has 0 aliphatic carbocycles. The predicted octanol–water partition coefficient (Wildman–Crippen LogP) is 7.61. The molecule has 2 fully saturated rings. The lowest BCUT2D eigenvalue weighted by atomic mass is 9.89. The molecular formula is C30H41F4N3O2. The summed E-state index contributed by atoms with van der Waals surface area (Å²) in [6, 6.07) is 3.62. The number of ether oxygens (including phenoxy) is 1. The summed E-state index contributed by atoms with van der Waals surface area (Å²) in [4.78, 5) is 16.8. The molecule has 3 heterocycles. The Morgan fingerprint density at radius 3 is 2.36 bits per heavy atom. The number of likely N-dealkylation sites (N-methyl/N-ethyl adjacent to an activating group) is 1. The average molecular weight is 552 g/mol. The number of hydrogen-bond acceptors (Lipinski definition) is 3. The molecule has 1 unspecified atom stereocenters. The van der Waals surface area contributed by atoms with Gasteiger partial charge in [0.1, 0.15) is 11.4 Å². The van der Waals surface area contributed by atoms with Gasteiger partial charge in [0, 0.05) is 49.0 Å². The van der Waals surface area contributed by atoms with Crippen LogP contribution in [0.2, 0.25) is 0 Å². The Labute approximate surface area is 229 Å². The molecule has 1 aromatic carbocycles. The first-order valence-corrected chi connectivity index (χ1v) is 14.1. The van der Waals surface area contributed by atoms with Crippen LogP contribution >= 0.6 is 0 Å².